The lowest BCUT2D eigenvalue weighted by molar-refractivity contribution is -0.142. The highest BCUT2D eigenvalue weighted by molar-refractivity contribution is 8.14. The molecular weight excluding hydrogens is 510 g/mol. The molecule has 2 rings (SSSR count). The smallest absolute Gasteiger partial charge is 0.326 e. The SMILES string of the molecule is COC(=O)CCCCC(SC(C)=O)C(=O)NC(CC(C)C)C(=O)N[C@@H](Cc1c[nH]c2ccccc12)C(=O)O. The highest BCUT2D eigenvalue weighted by Crippen LogP contribution is 2.21. The minimum atomic E-state index is -1.20. The first kappa shape index (κ1) is 30.9. The molecule has 0 aliphatic carbocycles. The molecule has 0 fully saturated rings. The summed E-state index contributed by atoms with van der Waals surface area (Å²) >= 11 is 0.871. The number of amides is 2. The summed E-state index contributed by atoms with van der Waals surface area (Å²) < 4.78 is 4.62. The molecule has 0 aliphatic rings. The van der Waals surface area contributed by atoms with Gasteiger partial charge in [-0.3, -0.25) is 19.2 Å². The Morgan fingerprint density at radius 2 is 1.71 bits per heavy atom. The number of benzene rings is 1. The highest BCUT2D eigenvalue weighted by atomic mass is 32.2. The maximum absolute atomic E-state index is 13.2. The van der Waals surface area contributed by atoms with Crippen molar-refractivity contribution >= 4 is 51.5 Å². The molecule has 1 aromatic heterocycles. The van der Waals surface area contributed by atoms with Crippen LogP contribution in [0.5, 0.6) is 0 Å². The molecule has 11 heteroatoms. The number of carboxylic acid groups (broad SMARTS) is 1. The number of carbonyl (C=O) groups is 5. The van der Waals surface area contributed by atoms with Crippen LogP contribution in [-0.4, -0.2) is 63.4 Å². The van der Waals surface area contributed by atoms with Crippen LogP contribution >= 0.6 is 11.8 Å². The monoisotopic (exact) mass is 547 g/mol. The molecule has 4 N–H and O–H groups in total. The van der Waals surface area contributed by atoms with Crippen molar-refractivity contribution in [2.45, 2.75) is 76.6 Å². The Kier molecular flexibility index (Phi) is 12.3. The maximum Gasteiger partial charge on any atom is 0.326 e. The number of ether oxygens (including phenoxy) is 1. The summed E-state index contributed by atoms with van der Waals surface area (Å²) in [5.74, 6) is -2.58. The molecule has 208 valence electrons. The van der Waals surface area contributed by atoms with E-state index in [1.54, 1.807) is 6.20 Å². The zero-order valence-electron chi connectivity index (χ0n) is 22.2. The largest absolute Gasteiger partial charge is 0.480 e. The van der Waals surface area contributed by atoms with Gasteiger partial charge in [-0.1, -0.05) is 50.2 Å². The second-order valence-corrected chi connectivity index (χ2v) is 11.0. The number of unbranched alkanes of at least 4 members (excludes halogenated alkanes) is 1. The van der Waals surface area contributed by atoms with Crippen molar-refractivity contribution in [3.8, 4) is 0 Å². The van der Waals surface area contributed by atoms with E-state index >= 15 is 0 Å². The van der Waals surface area contributed by atoms with E-state index in [0.29, 0.717) is 19.3 Å². The van der Waals surface area contributed by atoms with Gasteiger partial charge in [0.15, 0.2) is 5.12 Å². The molecule has 0 aliphatic heterocycles. The molecule has 38 heavy (non-hydrogen) atoms. The fraction of sp³-hybridized carbons (Fsp3) is 0.519. The molecule has 1 heterocycles. The number of para-hydroxylation sites is 1. The summed E-state index contributed by atoms with van der Waals surface area (Å²) in [6.45, 7) is 5.14. The summed E-state index contributed by atoms with van der Waals surface area (Å²) in [6, 6.07) is 5.31. The molecule has 2 aromatic rings. The van der Waals surface area contributed by atoms with Gasteiger partial charge in [0.2, 0.25) is 11.8 Å². The van der Waals surface area contributed by atoms with Gasteiger partial charge in [0, 0.05) is 36.9 Å². The van der Waals surface area contributed by atoms with Crippen molar-refractivity contribution in [2.75, 3.05) is 7.11 Å². The number of H-pyrrole nitrogens is 1. The fourth-order valence-corrected chi connectivity index (χ4v) is 4.97. The Balaban J connectivity index is 2.10. The van der Waals surface area contributed by atoms with Crippen LogP contribution in [0.1, 0.15) is 58.4 Å². The number of nitrogens with one attached hydrogen (secondary N) is 3. The Hall–Kier alpha value is -3.34. The molecule has 3 atom stereocenters. The van der Waals surface area contributed by atoms with Crippen LogP contribution in [-0.2, 0) is 35.1 Å². The number of hydrogen-bond donors (Lipinski definition) is 4. The third-order valence-corrected chi connectivity index (χ3v) is 7.05. The zero-order chi connectivity index (χ0) is 28.2. The van der Waals surface area contributed by atoms with Gasteiger partial charge >= 0.3 is 11.9 Å². The van der Waals surface area contributed by atoms with Crippen molar-refractivity contribution in [3.63, 3.8) is 0 Å². The maximum atomic E-state index is 13.2. The Labute approximate surface area is 226 Å². The quantitative estimate of drug-likeness (QED) is 0.196. The summed E-state index contributed by atoms with van der Waals surface area (Å²) in [5, 5.41) is 15.0. The Morgan fingerprint density at radius 3 is 2.34 bits per heavy atom. The minimum absolute atomic E-state index is 0.0295. The molecule has 2 amide bonds. The molecule has 0 saturated carbocycles. The molecule has 0 saturated heterocycles. The third kappa shape index (κ3) is 9.85. The van der Waals surface area contributed by atoms with Crippen LogP contribution in [0.15, 0.2) is 30.5 Å². The molecule has 0 spiro atoms. The number of aromatic amines is 1. The van der Waals surface area contributed by atoms with Gasteiger partial charge in [0.1, 0.15) is 12.1 Å². The van der Waals surface area contributed by atoms with Gasteiger partial charge in [-0.25, -0.2) is 4.79 Å². The van der Waals surface area contributed by atoms with Crippen molar-refractivity contribution in [3.05, 3.63) is 36.0 Å². The van der Waals surface area contributed by atoms with Crippen molar-refractivity contribution in [2.24, 2.45) is 5.92 Å². The van der Waals surface area contributed by atoms with Crippen molar-refractivity contribution in [1.82, 2.24) is 15.6 Å². The van der Waals surface area contributed by atoms with E-state index in [1.807, 2.05) is 38.1 Å². The summed E-state index contributed by atoms with van der Waals surface area (Å²) in [7, 11) is 1.31. The summed E-state index contributed by atoms with van der Waals surface area (Å²) in [6.07, 6.45) is 3.64. The van der Waals surface area contributed by atoms with Crippen LogP contribution in [0.4, 0.5) is 0 Å². The lowest BCUT2D eigenvalue weighted by Gasteiger charge is -2.24. The predicted octanol–water partition coefficient (Wildman–Crippen LogP) is 3.19. The number of esters is 1. The standard InChI is InChI=1S/C27H37N3O7S/c1-16(2)13-21(29-26(34)23(38-17(3)31)11-7-8-12-24(32)37-4)25(33)30-22(27(35)36)14-18-15-28-20-10-6-5-9-19(18)20/h5-6,9-10,15-16,21-23,28H,7-8,11-14H2,1-4H3,(H,29,34)(H,30,33)(H,35,36)/t21?,22-,23?/m0/s1. The molecule has 2 unspecified atom stereocenters. The number of hydrogen-bond acceptors (Lipinski definition) is 7. The van der Waals surface area contributed by atoms with Gasteiger partial charge in [-0.05, 0) is 36.8 Å². The number of aromatic nitrogens is 1. The van der Waals surface area contributed by atoms with Gasteiger partial charge in [-0.15, -0.1) is 0 Å². The number of aliphatic carboxylic acids is 1. The number of rotatable bonds is 15. The van der Waals surface area contributed by atoms with Crippen LogP contribution in [0, 0.1) is 5.92 Å². The van der Waals surface area contributed by atoms with Crippen LogP contribution in [0.25, 0.3) is 10.9 Å². The third-order valence-electron chi connectivity index (χ3n) is 5.98. The number of carbonyl (C=O) groups excluding carboxylic acids is 4. The lowest BCUT2D eigenvalue weighted by atomic mass is 10.0. The Morgan fingerprint density at radius 1 is 1.03 bits per heavy atom. The molecule has 10 nitrogen and oxygen atoms in total. The van der Waals surface area contributed by atoms with E-state index in [-0.39, 0.29) is 36.3 Å². The van der Waals surface area contributed by atoms with Crippen molar-refractivity contribution < 1.29 is 33.8 Å². The molecular formula is C27H37N3O7S. The van der Waals surface area contributed by atoms with Crippen LogP contribution in [0.3, 0.4) is 0 Å². The molecule has 0 radical (unpaired) electrons. The van der Waals surface area contributed by atoms with Gasteiger partial charge in [-0.2, -0.15) is 0 Å². The van der Waals surface area contributed by atoms with E-state index in [4.69, 9.17) is 0 Å². The summed E-state index contributed by atoms with van der Waals surface area (Å²) in [4.78, 5) is 64.6. The van der Waals surface area contributed by atoms with E-state index in [2.05, 4.69) is 20.4 Å². The van der Waals surface area contributed by atoms with Crippen LogP contribution in [0.2, 0.25) is 0 Å². The number of methoxy groups -OCH3 is 1. The predicted molar refractivity (Wildman–Crippen MR) is 145 cm³/mol. The average molecular weight is 548 g/mol. The Bertz CT molecular complexity index is 1130. The van der Waals surface area contributed by atoms with E-state index < -0.39 is 35.1 Å². The van der Waals surface area contributed by atoms with E-state index in [9.17, 15) is 29.1 Å². The van der Waals surface area contributed by atoms with Crippen molar-refractivity contribution in [1.29, 1.82) is 0 Å². The van der Waals surface area contributed by atoms with Gasteiger partial charge in [0.25, 0.3) is 0 Å². The first-order valence-corrected chi connectivity index (χ1v) is 13.5. The first-order valence-electron chi connectivity index (χ1n) is 12.6. The van der Waals surface area contributed by atoms with Crippen LogP contribution < -0.4 is 10.6 Å². The molecule has 1 aromatic carbocycles. The summed E-state index contributed by atoms with van der Waals surface area (Å²) in [5.41, 5.74) is 1.62. The highest BCUT2D eigenvalue weighted by Gasteiger charge is 2.30. The number of fused-ring (bicyclic) bond motifs is 1. The normalized spacial score (nSPS) is 13.5. The zero-order valence-corrected chi connectivity index (χ0v) is 23.1. The van der Waals surface area contributed by atoms with Gasteiger partial charge < -0.3 is 25.5 Å². The topological polar surface area (TPSA) is 155 Å². The lowest BCUT2D eigenvalue weighted by Crippen LogP contribution is -2.54. The first-order chi connectivity index (χ1) is 18.0. The minimum Gasteiger partial charge on any atom is -0.480 e. The molecule has 0 bridgehead atoms. The van der Waals surface area contributed by atoms with Gasteiger partial charge in [0.05, 0.1) is 12.4 Å². The number of thioether (sulfide) groups is 1. The van der Waals surface area contributed by atoms with E-state index in [0.717, 1.165) is 28.2 Å². The second kappa shape index (κ2) is 15.2. The fourth-order valence-electron chi connectivity index (χ4n) is 4.11. The number of carboxylic acids is 1. The average Bonchev–Trinajstić information content (AvgIpc) is 3.26. The van der Waals surface area contributed by atoms with E-state index in [1.165, 1.54) is 14.0 Å². The second-order valence-electron chi connectivity index (χ2n) is 9.57.